The number of carbonyl (C=O) groups excluding carboxylic acids is 2. The van der Waals surface area contributed by atoms with Crippen LogP contribution in [0.1, 0.15) is 16.5 Å². The molecular formula is C27H23N3O4S3. The maximum Gasteiger partial charge on any atom is 0.280 e. The summed E-state index contributed by atoms with van der Waals surface area (Å²) in [5.74, 6) is 0.821. The quantitative estimate of drug-likeness (QED) is 0.221. The largest absolute Gasteiger partial charge is 0.496 e. The molecule has 3 aromatic carbocycles. The summed E-state index contributed by atoms with van der Waals surface area (Å²) in [6.45, 7) is 0. The second-order valence-electron chi connectivity index (χ2n) is 7.91. The van der Waals surface area contributed by atoms with E-state index in [-0.39, 0.29) is 17.6 Å². The molecule has 1 atom stereocenters. The van der Waals surface area contributed by atoms with E-state index in [4.69, 9.17) is 9.47 Å². The first-order valence-corrected chi connectivity index (χ1v) is 14.0. The number of nitrogens with zero attached hydrogens (tertiary/aromatic N) is 2. The van der Waals surface area contributed by atoms with Gasteiger partial charge in [-0.05, 0) is 30.3 Å². The number of hydrazine groups is 1. The maximum atomic E-state index is 13.5. The Labute approximate surface area is 226 Å². The van der Waals surface area contributed by atoms with E-state index in [9.17, 15) is 9.59 Å². The minimum atomic E-state index is -0.499. The van der Waals surface area contributed by atoms with E-state index in [0.717, 1.165) is 25.7 Å². The fourth-order valence-corrected chi connectivity index (χ4v) is 6.93. The normalized spacial score (nSPS) is 16.4. The molecule has 1 aliphatic heterocycles. The first kappa shape index (κ1) is 25.2. The molecule has 1 aromatic heterocycles. The summed E-state index contributed by atoms with van der Waals surface area (Å²) in [5, 5.41) is 0.881. The van der Waals surface area contributed by atoms with Gasteiger partial charge in [0.1, 0.15) is 16.9 Å². The summed E-state index contributed by atoms with van der Waals surface area (Å²) < 4.78 is 12.9. The molecule has 0 radical (unpaired) electrons. The van der Waals surface area contributed by atoms with Crippen molar-refractivity contribution in [1.29, 1.82) is 0 Å². The zero-order valence-electron chi connectivity index (χ0n) is 20.0. The number of rotatable bonds is 8. The van der Waals surface area contributed by atoms with Crippen LogP contribution in [-0.2, 0) is 9.59 Å². The third-order valence-electron chi connectivity index (χ3n) is 5.58. The van der Waals surface area contributed by atoms with Gasteiger partial charge in [0.2, 0.25) is 5.91 Å². The lowest BCUT2D eigenvalue weighted by Gasteiger charge is -2.25. The van der Waals surface area contributed by atoms with Crippen molar-refractivity contribution < 1.29 is 19.1 Å². The van der Waals surface area contributed by atoms with Crippen LogP contribution in [0.15, 0.2) is 82.0 Å². The topological polar surface area (TPSA) is 80.8 Å². The average molecular weight is 550 g/mol. The second-order valence-corrected chi connectivity index (χ2v) is 11.3. The number of aromatic nitrogens is 1. The highest BCUT2D eigenvalue weighted by Crippen LogP contribution is 2.48. The number of fused-ring (bicyclic) bond motifs is 1. The molecule has 2 heterocycles. The molecule has 2 amide bonds. The predicted molar refractivity (Wildman–Crippen MR) is 150 cm³/mol. The fourth-order valence-electron chi connectivity index (χ4n) is 3.86. The molecule has 188 valence electrons. The number of hydrogen-bond donors (Lipinski definition) is 1. The number of para-hydroxylation sites is 3. The lowest BCUT2D eigenvalue weighted by Crippen LogP contribution is -2.45. The zero-order valence-corrected chi connectivity index (χ0v) is 22.5. The third kappa shape index (κ3) is 5.46. The van der Waals surface area contributed by atoms with Gasteiger partial charge in [-0.1, -0.05) is 72.1 Å². The van der Waals surface area contributed by atoms with Gasteiger partial charge in [0.25, 0.3) is 5.91 Å². The molecule has 37 heavy (non-hydrogen) atoms. The summed E-state index contributed by atoms with van der Waals surface area (Å²) >= 11 is 4.24. The van der Waals surface area contributed by atoms with Crippen molar-refractivity contribution in [2.24, 2.45) is 0 Å². The molecule has 0 aliphatic carbocycles. The van der Waals surface area contributed by atoms with E-state index < -0.39 is 5.37 Å². The van der Waals surface area contributed by atoms with Gasteiger partial charge in [-0.25, -0.2) is 9.99 Å². The van der Waals surface area contributed by atoms with Gasteiger partial charge in [0, 0.05) is 11.1 Å². The summed E-state index contributed by atoms with van der Waals surface area (Å²) in [4.78, 5) is 31.6. The van der Waals surface area contributed by atoms with Crippen molar-refractivity contribution in [3.8, 4) is 11.5 Å². The Morgan fingerprint density at radius 1 is 1.03 bits per heavy atom. The molecule has 1 unspecified atom stereocenters. The Balaban J connectivity index is 1.39. The first-order valence-electron chi connectivity index (χ1n) is 11.3. The molecule has 10 heteroatoms. The number of hydrogen-bond acceptors (Lipinski definition) is 8. The minimum absolute atomic E-state index is 0.123. The lowest BCUT2D eigenvalue weighted by atomic mass is 10.1. The second kappa shape index (κ2) is 11.3. The van der Waals surface area contributed by atoms with Crippen LogP contribution in [0, 0.1) is 0 Å². The highest BCUT2D eigenvalue weighted by molar-refractivity contribution is 8.04. The third-order valence-corrected chi connectivity index (χ3v) is 8.99. The van der Waals surface area contributed by atoms with Crippen LogP contribution >= 0.6 is 34.9 Å². The van der Waals surface area contributed by atoms with E-state index in [2.05, 4.69) is 10.4 Å². The van der Waals surface area contributed by atoms with E-state index in [1.54, 1.807) is 20.3 Å². The van der Waals surface area contributed by atoms with Crippen LogP contribution in [-0.4, -0.2) is 41.8 Å². The van der Waals surface area contributed by atoms with E-state index in [1.165, 1.54) is 39.9 Å². The molecule has 5 rings (SSSR count). The van der Waals surface area contributed by atoms with Crippen LogP contribution in [0.3, 0.4) is 0 Å². The number of methoxy groups -OCH3 is 2. The highest BCUT2D eigenvalue weighted by atomic mass is 32.2. The van der Waals surface area contributed by atoms with E-state index >= 15 is 0 Å². The summed E-state index contributed by atoms with van der Waals surface area (Å²) in [7, 11) is 3.18. The Morgan fingerprint density at radius 3 is 2.51 bits per heavy atom. The van der Waals surface area contributed by atoms with Gasteiger partial charge in [-0.15, -0.1) is 11.3 Å². The van der Waals surface area contributed by atoms with Crippen LogP contribution in [0.2, 0.25) is 0 Å². The molecule has 1 fully saturated rings. The number of ether oxygens (including phenoxy) is 2. The maximum absolute atomic E-state index is 13.5. The number of carbonyl (C=O) groups is 2. The van der Waals surface area contributed by atoms with Crippen molar-refractivity contribution in [1.82, 2.24) is 15.4 Å². The molecule has 0 saturated carbocycles. The smallest absolute Gasteiger partial charge is 0.280 e. The van der Waals surface area contributed by atoms with Crippen LogP contribution in [0.5, 0.6) is 11.5 Å². The molecule has 7 nitrogen and oxygen atoms in total. The van der Waals surface area contributed by atoms with Crippen LogP contribution in [0.25, 0.3) is 16.3 Å². The molecular weight excluding hydrogens is 527 g/mol. The van der Waals surface area contributed by atoms with Gasteiger partial charge in [-0.2, -0.15) is 0 Å². The Kier molecular flexibility index (Phi) is 7.68. The first-order chi connectivity index (χ1) is 18.1. The average Bonchev–Trinajstić information content (AvgIpc) is 3.48. The van der Waals surface area contributed by atoms with Crippen LogP contribution in [0.4, 0.5) is 0 Å². The van der Waals surface area contributed by atoms with Gasteiger partial charge < -0.3 is 9.47 Å². The summed E-state index contributed by atoms with van der Waals surface area (Å²) in [5.41, 5.74) is 5.30. The molecule has 0 bridgehead atoms. The van der Waals surface area contributed by atoms with Crippen molar-refractivity contribution >= 4 is 63.0 Å². The standard InChI is InChI=1S/C27H23N3O4S3/c1-33-20-12-6-3-9-17(20)15-23-25(32)30(26(36-23)18-10-4-7-13-21(18)34-2)29-24(31)16-35-27-28-19-11-5-8-14-22(19)37-27/h3-15,26H,16H2,1-2H3,(H,29,31)/b23-15-. The molecule has 1 saturated heterocycles. The Morgan fingerprint density at radius 2 is 1.73 bits per heavy atom. The van der Waals surface area contributed by atoms with Gasteiger partial charge in [0.05, 0.1) is 35.1 Å². The Bertz CT molecular complexity index is 1450. The fraction of sp³-hybridized carbons (Fsp3) is 0.148. The number of nitrogens with one attached hydrogen (secondary N) is 1. The lowest BCUT2D eigenvalue weighted by molar-refractivity contribution is -0.137. The van der Waals surface area contributed by atoms with E-state index in [1.807, 2.05) is 72.8 Å². The van der Waals surface area contributed by atoms with E-state index in [0.29, 0.717) is 16.4 Å². The molecule has 0 spiro atoms. The monoisotopic (exact) mass is 549 g/mol. The van der Waals surface area contributed by atoms with Crippen molar-refractivity contribution in [2.45, 2.75) is 9.71 Å². The molecule has 1 N–H and O–H groups in total. The SMILES string of the molecule is COc1ccccc1/C=C1\SC(c2ccccc2OC)N(NC(=O)CSc2nc3ccccc3s2)C1=O. The predicted octanol–water partition coefficient (Wildman–Crippen LogP) is 5.75. The van der Waals surface area contributed by atoms with Gasteiger partial charge in [0.15, 0.2) is 4.34 Å². The van der Waals surface area contributed by atoms with Crippen LogP contribution < -0.4 is 14.9 Å². The molecule has 1 aliphatic rings. The van der Waals surface area contributed by atoms with Crippen molar-refractivity contribution in [2.75, 3.05) is 20.0 Å². The number of thioether (sulfide) groups is 2. The minimum Gasteiger partial charge on any atom is -0.496 e. The van der Waals surface area contributed by atoms with Gasteiger partial charge >= 0.3 is 0 Å². The number of amides is 2. The van der Waals surface area contributed by atoms with Crippen molar-refractivity contribution in [3.63, 3.8) is 0 Å². The van der Waals surface area contributed by atoms with Crippen molar-refractivity contribution in [3.05, 3.63) is 88.8 Å². The summed E-state index contributed by atoms with van der Waals surface area (Å²) in [6.07, 6.45) is 1.79. The summed E-state index contributed by atoms with van der Waals surface area (Å²) in [6, 6.07) is 22.8. The number of thiazole rings is 1. The molecule has 4 aromatic rings. The zero-order chi connectivity index (χ0) is 25.8. The van der Waals surface area contributed by atoms with Gasteiger partial charge in [-0.3, -0.25) is 15.0 Å². The number of benzene rings is 3. The highest BCUT2D eigenvalue weighted by Gasteiger charge is 2.40. The Hall–Kier alpha value is -3.47.